The fourth-order valence-electron chi connectivity index (χ4n) is 2.34. The Kier molecular flexibility index (Phi) is 6.14. The minimum atomic E-state index is -0.309. The molecule has 0 spiro atoms. The predicted molar refractivity (Wildman–Crippen MR) is 106 cm³/mol. The Balaban J connectivity index is 1.68. The summed E-state index contributed by atoms with van der Waals surface area (Å²) in [5.74, 6) is 1.35. The van der Waals surface area contributed by atoms with Crippen LogP contribution in [0.1, 0.15) is 16.1 Å². The molecule has 1 amide bonds. The number of carbonyl (C=O) groups excluding carboxylic acids is 1. The average molecular weight is 386 g/mol. The highest BCUT2D eigenvalue weighted by atomic mass is 32.2. The van der Waals surface area contributed by atoms with E-state index in [9.17, 15) is 4.79 Å². The summed E-state index contributed by atoms with van der Waals surface area (Å²) in [6.07, 6.45) is 0. The molecule has 0 fully saturated rings. The lowest BCUT2D eigenvalue weighted by Gasteiger charge is -2.11. The molecule has 26 heavy (non-hydrogen) atoms. The van der Waals surface area contributed by atoms with Gasteiger partial charge in [-0.25, -0.2) is 4.98 Å². The molecule has 1 heterocycles. The largest absolute Gasteiger partial charge is 0.496 e. The number of thioether (sulfide) groups is 1. The van der Waals surface area contributed by atoms with Gasteiger partial charge in [0.1, 0.15) is 17.1 Å². The van der Waals surface area contributed by atoms with E-state index in [4.69, 9.17) is 9.47 Å². The van der Waals surface area contributed by atoms with Crippen molar-refractivity contribution in [3.05, 3.63) is 65.2 Å². The number of nitrogens with zero attached hydrogens (tertiary/aromatic N) is 1. The highest BCUT2D eigenvalue weighted by Crippen LogP contribution is 2.30. The third kappa shape index (κ3) is 4.36. The molecule has 0 saturated heterocycles. The van der Waals surface area contributed by atoms with Gasteiger partial charge in [-0.2, -0.15) is 0 Å². The van der Waals surface area contributed by atoms with Crippen LogP contribution in [0.3, 0.4) is 0 Å². The first-order chi connectivity index (χ1) is 12.7. The summed E-state index contributed by atoms with van der Waals surface area (Å²) >= 11 is 3.10. The second-order valence-corrected chi connectivity index (χ2v) is 7.14. The number of anilines is 1. The summed E-state index contributed by atoms with van der Waals surface area (Å²) in [6.45, 7) is 0. The van der Waals surface area contributed by atoms with Gasteiger partial charge < -0.3 is 9.47 Å². The fraction of sp³-hybridized carbons (Fsp3) is 0.158. The maximum atomic E-state index is 12.7. The van der Waals surface area contributed by atoms with Crippen molar-refractivity contribution < 1.29 is 14.3 Å². The van der Waals surface area contributed by atoms with Crippen molar-refractivity contribution in [3.63, 3.8) is 0 Å². The summed E-state index contributed by atoms with van der Waals surface area (Å²) in [7, 11) is 3.04. The first kappa shape index (κ1) is 18.3. The van der Waals surface area contributed by atoms with Crippen molar-refractivity contribution in [1.29, 1.82) is 0 Å². The van der Waals surface area contributed by atoms with E-state index in [0.717, 1.165) is 11.4 Å². The lowest BCUT2D eigenvalue weighted by molar-refractivity contribution is 0.102. The number of hydrogen-bond acceptors (Lipinski definition) is 6. The quantitative estimate of drug-likeness (QED) is 0.596. The van der Waals surface area contributed by atoms with E-state index >= 15 is 0 Å². The van der Waals surface area contributed by atoms with Gasteiger partial charge in [-0.1, -0.05) is 24.3 Å². The van der Waals surface area contributed by atoms with Crippen molar-refractivity contribution >= 4 is 34.1 Å². The number of ether oxygens (including phenoxy) is 2. The minimum Gasteiger partial charge on any atom is -0.496 e. The predicted octanol–water partition coefficient (Wildman–Crippen LogP) is 4.70. The summed E-state index contributed by atoms with van der Waals surface area (Å²) < 4.78 is 10.6. The average Bonchev–Trinajstić information content (AvgIpc) is 3.13. The van der Waals surface area contributed by atoms with Crippen LogP contribution in [0.25, 0.3) is 0 Å². The van der Waals surface area contributed by atoms with E-state index in [0.29, 0.717) is 22.2 Å². The molecule has 0 saturated carbocycles. The van der Waals surface area contributed by atoms with Crippen LogP contribution in [0.2, 0.25) is 0 Å². The molecule has 0 aliphatic rings. The van der Waals surface area contributed by atoms with Gasteiger partial charge in [0.2, 0.25) is 0 Å². The molecule has 2 aromatic carbocycles. The lowest BCUT2D eigenvalue weighted by atomic mass is 10.1. The van der Waals surface area contributed by atoms with Crippen LogP contribution in [0, 0.1) is 0 Å². The summed E-state index contributed by atoms with van der Waals surface area (Å²) in [6, 6.07) is 15.4. The molecule has 1 aromatic heterocycles. The smallest absolute Gasteiger partial charge is 0.265 e. The number of thiazole rings is 1. The highest BCUT2D eigenvalue weighted by molar-refractivity contribution is 7.98. The lowest BCUT2D eigenvalue weighted by Crippen LogP contribution is -2.14. The van der Waals surface area contributed by atoms with Gasteiger partial charge >= 0.3 is 0 Å². The third-order valence-electron chi connectivity index (χ3n) is 3.56. The molecule has 1 N–H and O–H groups in total. The van der Waals surface area contributed by atoms with Gasteiger partial charge in [-0.3, -0.25) is 10.1 Å². The molecular weight excluding hydrogens is 368 g/mol. The molecule has 0 aliphatic carbocycles. The van der Waals surface area contributed by atoms with Crippen LogP contribution < -0.4 is 14.8 Å². The van der Waals surface area contributed by atoms with E-state index in [-0.39, 0.29) is 5.91 Å². The standard InChI is InChI=1S/C19H18N2O3S2/c1-23-15-9-6-10-16(24-2)17(15)18(22)21-19-20-13(12-26-19)11-25-14-7-4-3-5-8-14/h3-10,12H,11H2,1-2H3,(H,20,21,22). The Morgan fingerprint density at radius 2 is 1.77 bits per heavy atom. The number of nitrogens with one attached hydrogen (secondary N) is 1. The van der Waals surface area contributed by atoms with E-state index in [1.807, 2.05) is 23.6 Å². The summed E-state index contributed by atoms with van der Waals surface area (Å²) in [4.78, 5) is 18.3. The van der Waals surface area contributed by atoms with Gasteiger partial charge in [0.05, 0.1) is 19.9 Å². The van der Waals surface area contributed by atoms with Gasteiger partial charge in [0.15, 0.2) is 5.13 Å². The zero-order chi connectivity index (χ0) is 18.4. The summed E-state index contributed by atoms with van der Waals surface area (Å²) in [5.41, 5.74) is 1.28. The SMILES string of the molecule is COc1cccc(OC)c1C(=O)Nc1nc(CSc2ccccc2)cs1. The molecule has 3 rings (SSSR count). The van der Waals surface area contributed by atoms with Gasteiger partial charge in [-0.15, -0.1) is 23.1 Å². The Bertz CT molecular complexity index is 859. The topological polar surface area (TPSA) is 60.5 Å². The van der Waals surface area contributed by atoms with E-state index in [2.05, 4.69) is 22.4 Å². The zero-order valence-corrected chi connectivity index (χ0v) is 16.0. The molecule has 5 nitrogen and oxygen atoms in total. The zero-order valence-electron chi connectivity index (χ0n) is 14.4. The van der Waals surface area contributed by atoms with Crippen molar-refractivity contribution in [3.8, 4) is 11.5 Å². The first-order valence-corrected chi connectivity index (χ1v) is 9.72. The Morgan fingerprint density at radius 3 is 2.42 bits per heavy atom. The van der Waals surface area contributed by atoms with Crippen LogP contribution in [-0.4, -0.2) is 25.1 Å². The number of rotatable bonds is 7. The van der Waals surface area contributed by atoms with Crippen LogP contribution in [0.15, 0.2) is 58.8 Å². The maximum absolute atomic E-state index is 12.7. The van der Waals surface area contributed by atoms with Crippen LogP contribution >= 0.6 is 23.1 Å². The second-order valence-electron chi connectivity index (χ2n) is 5.24. The second kappa shape index (κ2) is 8.73. The van der Waals surface area contributed by atoms with Crippen LogP contribution in [0.5, 0.6) is 11.5 Å². The van der Waals surface area contributed by atoms with Crippen molar-refractivity contribution in [2.24, 2.45) is 0 Å². The van der Waals surface area contributed by atoms with Gasteiger partial charge in [-0.05, 0) is 24.3 Å². The van der Waals surface area contributed by atoms with Crippen molar-refractivity contribution in [2.45, 2.75) is 10.6 Å². The van der Waals surface area contributed by atoms with Gasteiger partial charge in [0.25, 0.3) is 5.91 Å². The van der Waals surface area contributed by atoms with E-state index in [1.54, 1.807) is 30.0 Å². The Hall–Kier alpha value is -2.51. The molecule has 0 atom stereocenters. The van der Waals surface area contributed by atoms with Crippen LogP contribution in [0.4, 0.5) is 5.13 Å². The van der Waals surface area contributed by atoms with E-state index in [1.165, 1.54) is 30.5 Å². The number of hydrogen-bond donors (Lipinski definition) is 1. The number of aromatic nitrogens is 1. The van der Waals surface area contributed by atoms with Crippen LogP contribution in [-0.2, 0) is 5.75 Å². The van der Waals surface area contributed by atoms with Crippen molar-refractivity contribution in [2.75, 3.05) is 19.5 Å². The maximum Gasteiger partial charge on any atom is 0.265 e. The fourth-order valence-corrected chi connectivity index (χ4v) is 3.96. The highest BCUT2D eigenvalue weighted by Gasteiger charge is 2.19. The first-order valence-electron chi connectivity index (χ1n) is 7.86. The van der Waals surface area contributed by atoms with E-state index < -0.39 is 0 Å². The molecule has 0 aliphatic heterocycles. The molecule has 3 aromatic rings. The summed E-state index contributed by atoms with van der Waals surface area (Å²) in [5, 5.41) is 5.32. The number of amides is 1. The molecule has 0 radical (unpaired) electrons. The molecule has 7 heteroatoms. The molecule has 0 bridgehead atoms. The van der Waals surface area contributed by atoms with Crippen molar-refractivity contribution in [1.82, 2.24) is 4.98 Å². The molecular formula is C19H18N2O3S2. The normalized spacial score (nSPS) is 10.4. The third-order valence-corrected chi connectivity index (χ3v) is 5.41. The Morgan fingerprint density at radius 1 is 1.08 bits per heavy atom. The number of carbonyl (C=O) groups is 1. The monoisotopic (exact) mass is 386 g/mol. The van der Waals surface area contributed by atoms with Gasteiger partial charge in [0, 0.05) is 16.0 Å². The molecule has 0 unspecified atom stereocenters. The Labute approximate surface area is 160 Å². The number of methoxy groups -OCH3 is 2. The minimum absolute atomic E-state index is 0.309. The molecule has 134 valence electrons. The number of benzene rings is 2.